The van der Waals surface area contributed by atoms with Gasteiger partial charge in [0.2, 0.25) is 0 Å². The van der Waals surface area contributed by atoms with E-state index in [9.17, 15) is 0 Å². The molecule has 94 valence electrons. The van der Waals surface area contributed by atoms with E-state index in [0.29, 0.717) is 0 Å². The molecule has 0 spiro atoms. The molecule has 0 saturated carbocycles. The highest BCUT2D eigenvalue weighted by molar-refractivity contribution is 5.03. The molecule has 0 amide bonds. The minimum atomic E-state index is 0.248. The van der Waals surface area contributed by atoms with Gasteiger partial charge in [0.15, 0.2) is 0 Å². The topological polar surface area (TPSA) is 27.3 Å². The number of hydrogen-bond donors (Lipinski definition) is 2. The number of rotatable bonds is 6. The van der Waals surface area contributed by atoms with E-state index in [-0.39, 0.29) is 5.54 Å². The molecule has 2 N–H and O–H groups in total. The third kappa shape index (κ3) is 4.05. The zero-order chi connectivity index (χ0) is 12.0. The van der Waals surface area contributed by atoms with Gasteiger partial charge in [-0.15, -0.1) is 0 Å². The highest BCUT2D eigenvalue weighted by Gasteiger charge is 2.28. The van der Waals surface area contributed by atoms with Crippen molar-refractivity contribution in [3.63, 3.8) is 0 Å². The summed E-state index contributed by atoms with van der Waals surface area (Å²) in [6.07, 6.45) is 4.88. The molecular formula is C13H27N3. The first-order valence-corrected chi connectivity index (χ1v) is 6.46. The second kappa shape index (κ2) is 6.14. The van der Waals surface area contributed by atoms with Crippen molar-refractivity contribution in [3.05, 3.63) is 12.4 Å². The van der Waals surface area contributed by atoms with E-state index >= 15 is 0 Å². The van der Waals surface area contributed by atoms with Crippen LogP contribution in [0.2, 0.25) is 0 Å². The minimum Gasteiger partial charge on any atom is -0.367 e. The molecule has 3 heteroatoms. The molecule has 3 nitrogen and oxygen atoms in total. The fourth-order valence-electron chi connectivity index (χ4n) is 2.15. The highest BCUT2D eigenvalue weighted by Crippen LogP contribution is 2.23. The molecule has 1 aliphatic heterocycles. The van der Waals surface area contributed by atoms with E-state index in [1.165, 1.54) is 25.7 Å². The average molecular weight is 225 g/mol. The van der Waals surface area contributed by atoms with E-state index in [1.807, 2.05) is 0 Å². The molecule has 0 aromatic carbocycles. The highest BCUT2D eigenvalue weighted by atomic mass is 15.3. The van der Waals surface area contributed by atoms with Gasteiger partial charge in [0.1, 0.15) is 0 Å². The lowest BCUT2D eigenvalue weighted by Gasteiger charge is -2.42. The Morgan fingerprint density at radius 3 is 2.88 bits per heavy atom. The predicted molar refractivity (Wildman–Crippen MR) is 70.3 cm³/mol. The Balaban J connectivity index is 2.22. The molecule has 0 aliphatic carbocycles. The quantitative estimate of drug-likeness (QED) is 0.676. The lowest BCUT2D eigenvalue weighted by molar-refractivity contribution is 0.202. The molecule has 0 aromatic rings. The third-order valence-electron chi connectivity index (χ3n) is 3.41. The molecule has 1 heterocycles. The van der Waals surface area contributed by atoms with Gasteiger partial charge in [0.05, 0.1) is 5.82 Å². The molecule has 0 bridgehead atoms. The molecule has 1 fully saturated rings. The Labute approximate surface area is 100 Å². The van der Waals surface area contributed by atoms with E-state index in [0.717, 1.165) is 25.5 Å². The van der Waals surface area contributed by atoms with Crippen molar-refractivity contribution in [1.29, 1.82) is 0 Å². The van der Waals surface area contributed by atoms with Crippen LogP contribution in [0, 0.1) is 0 Å². The molecule has 1 saturated heterocycles. The first-order valence-electron chi connectivity index (χ1n) is 6.46. The summed E-state index contributed by atoms with van der Waals surface area (Å²) in [5.74, 6) is 1.07. The lowest BCUT2D eigenvalue weighted by Crippen LogP contribution is -2.52. The third-order valence-corrected chi connectivity index (χ3v) is 3.41. The lowest BCUT2D eigenvalue weighted by atomic mass is 9.90. The fourth-order valence-corrected chi connectivity index (χ4v) is 2.15. The summed E-state index contributed by atoms with van der Waals surface area (Å²) in [6, 6.07) is 0. The van der Waals surface area contributed by atoms with Crippen molar-refractivity contribution in [1.82, 2.24) is 15.5 Å². The van der Waals surface area contributed by atoms with Crippen molar-refractivity contribution in [2.45, 2.75) is 45.1 Å². The summed E-state index contributed by atoms with van der Waals surface area (Å²) >= 11 is 0. The van der Waals surface area contributed by atoms with Gasteiger partial charge in [-0.2, -0.15) is 0 Å². The molecule has 1 rings (SSSR count). The minimum absolute atomic E-state index is 0.248. The molecule has 1 aliphatic rings. The van der Waals surface area contributed by atoms with Gasteiger partial charge < -0.3 is 15.5 Å². The zero-order valence-corrected chi connectivity index (χ0v) is 11.1. The molecular weight excluding hydrogens is 198 g/mol. The van der Waals surface area contributed by atoms with Crippen molar-refractivity contribution in [2.24, 2.45) is 0 Å². The SMILES string of the molecule is C=C1NC(C)(CCCNCCC)CCN1C. The summed E-state index contributed by atoms with van der Waals surface area (Å²) < 4.78 is 0. The number of nitrogens with one attached hydrogen (secondary N) is 2. The Morgan fingerprint density at radius 2 is 2.25 bits per heavy atom. The molecule has 0 aromatic heterocycles. The summed E-state index contributed by atoms with van der Waals surface area (Å²) in [6.45, 7) is 11.9. The van der Waals surface area contributed by atoms with Crippen LogP contribution in [-0.4, -0.2) is 37.1 Å². The largest absolute Gasteiger partial charge is 0.367 e. The van der Waals surface area contributed by atoms with Gasteiger partial charge in [-0.05, 0) is 45.7 Å². The van der Waals surface area contributed by atoms with Crippen LogP contribution >= 0.6 is 0 Å². The molecule has 1 atom stereocenters. The van der Waals surface area contributed by atoms with Crippen molar-refractivity contribution in [3.8, 4) is 0 Å². The van der Waals surface area contributed by atoms with Crippen LogP contribution in [0.4, 0.5) is 0 Å². The van der Waals surface area contributed by atoms with Crippen LogP contribution in [0.3, 0.4) is 0 Å². The van der Waals surface area contributed by atoms with E-state index in [2.05, 4.69) is 43.0 Å². The monoisotopic (exact) mass is 225 g/mol. The first-order chi connectivity index (χ1) is 7.57. The van der Waals surface area contributed by atoms with E-state index in [4.69, 9.17) is 0 Å². The average Bonchev–Trinajstić information content (AvgIpc) is 2.24. The maximum Gasteiger partial charge on any atom is 0.0940 e. The maximum atomic E-state index is 4.05. The van der Waals surface area contributed by atoms with Gasteiger partial charge in [-0.25, -0.2) is 0 Å². The predicted octanol–water partition coefficient (Wildman–Crippen LogP) is 1.92. The molecule has 1 unspecified atom stereocenters. The van der Waals surface area contributed by atoms with E-state index < -0.39 is 0 Å². The van der Waals surface area contributed by atoms with Gasteiger partial charge in [0, 0.05) is 19.1 Å². The van der Waals surface area contributed by atoms with Crippen molar-refractivity contribution >= 4 is 0 Å². The standard InChI is InChI=1S/C13H27N3/c1-5-9-14-10-6-7-13(3)8-11-16(4)12(2)15-13/h14-15H,2,5-11H2,1,3-4H3. The zero-order valence-electron chi connectivity index (χ0n) is 11.1. The second-order valence-electron chi connectivity index (χ2n) is 5.16. The summed E-state index contributed by atoms with van der Waals surface area (Å²) in [5, 5.41) is 6.99. The van der Waals surface area contributed by atoms with Gasteiger partial charge >= 0.3 is 0 Å². The van der Waals surface area contributed by atoms with Gasteiger partial charge in [-0.1, -0.05) is 13.5 Å². The molecule has 16 heavy (non-hydrogen) atoms. The van der Waals surface area contributed by atoms with Gasteiger partial charge in [-0.3, -0.25) is 0 Å². The summed E-state index contributed by atoms with van der Waals surface area (Å²) in [4.78, 5) is 2.19. The summed E-state index contributed by atoms with van der Waals surface area (Å²) in [7, 11) is 2.09. The van der Waals surface area contributed by atoms with Crippen LogP contribution in [0.1, 0.15) is 39.5 Å². The maximum absolute atomic E-state index is 4.05. The van der Waals surface area contributed by atoms with Crippen LogP contribution in [0.25, 0.3) is 0 Å². The Bertz CT molecular complexity index is 227. The molecule has 0 radical (unpaired) electrons. The second-order valence-corrected chi connectivity index (χ2v) is 5.16. The van der Waals surface area contributed by atoms with Crippen LogP contribution in [-0.2, 0) is 0 Å². The number of hydrogen-bond acceptors (Lipinski definition) is 3. The Hall–Kier alpha value is -0.700. The van der Waals surface area contributed by atoms with Crippen molar-refractivity contribution < 1.29 is 0 Å². The number of nitrogens with zero attached hydrogens (tertiary/aromatic N) is 1. The summed E-state index contributed by atoms with van der Waals surface area (Å²) in [5.41, 5.74) is 0.248. The Morgan fingerprint density at radius 1 is 1.50 bits per heavy atom. The van der Waals surface area contributed by atoms with Crippen molar-refractivity contribution in [2.75, 3.05) is 26.7 Å². The van der Waals surface area contributed by atoms with Crippen LogP contribution < -0.4 is 10.6 Å². The first kappa shape index (κ1) is 13.4. The fraction of sp³-hybridized carbons (Fsp3) is 0.846. The van der Waals surface area contributed by atoms with E-state index in [1.54, 1.807) is 0 Å². The van der Waals surface area contributed by atoms with Crippen LogP contribution in [0.15, 0.2) is 12.4 Å². The normalized spacial score (nSPS) is 25.7. The smallest absolute Gasteiger partial charge is 0.0940 e. The van der Waals surface area contributed by atoms with Crippen LogP contribution in [0.5, 0.6) is 0 Å². The Kier molecular flexibility index (Phi) is 5.13. The van der Waals surface area contributed by atoms with Gasteiger partial charge in [0.25, 0.3) is 0 Å².